The zero-order valence-corrected chi connectivity index (χ0v) is 11.8. The molecule has 90 valence electrons. The van der Waals surface area contributed by atoms with Crippen molar-refractivity contribution in [2.45, 2.75) is 34.6 Å². The highest BCUT2D eigenvalue weighted by Crippen LogP contribution is 2.28. The molecule has 2 heteroatoms. The zero-order chi connectivity index (χ0) is 12.3. The van der Waals surface area contributed by atoms with Gasteiger partial charge in [0.05, 0.1) is 6.61 Å². The molecule has 0 saturated heterocycles. The van der Waals surface area contributed by atoms with Crippen molar-refractivity contribution < 1.29 is 4.74 Å². The van der Waals surface area contributed by atoms with Crippen LogP contribution in [-0.2, 0) is 0 Å². The van der Waals surface area contributed by atoms with Gasteiger partial charge in [0.1, 0.15) is 5.75 Å². The molecule has 0 bridgehead atoms. The van der Waals surface area contributed by atoms with E-state index in [4.69, 9.17) is 4.74 Å². The van der Waals surface area contributed by atoms with Crippen LogP contribution < -0.4 is 4.74 Å². The molecule has 0 saturated carbocycles. The number of thiol groups is 1. The fourth-order valence-electron chi connectivity index (χ4n) is 1.46. The minimum absolute atomic E-state index is 0.117. The van der Waals surface area contributed by atoms with E-state index in [9.17, 15) is 0 Å². The Labute approximate surface area is 105 Å². The average Bonchev–Trinajstić information content (AvgIpc) is 2.24. The molecule has 0 radical (unpaired) electrons. The minimum Gasteiger partial charge on any atom is -0.492 e. The lowest BCUT2D eigenvalue weighted by Gasteiger charge is -2.24. The lowest BCUT2D eigenvalue weighted by molar-refractivity contribution is 0.200. The molecule has 0 aliphatic rings. The number of hydrogen-bond donors (Lipinski definition) is 1. The third-order valence-electron chi connectivity index (χ3n) is 2.91. The molecule has 16 heavy (non-hydrogen) atoms. The van der Waals surface area contributed by atoms with Gasteiger partial charge >= 0.3 is 0 Å². The van der Waals surface area contributed by atoms with Crippen LogP contribution in [-0.4, -0.2) is 12.4 Å². The number of rotatable bonds is 4. The second-order valence-corrected chi connectivity index (χ2v) is 5.58. The first kappa shape index (κ1) is 13.4. The number of benzene rings is 1. The standard InChI is InChI=1S/C14H22OS/c1-10-6-7-11(2)13(12(10)3)15-8-14(4,5)9-16/h6-7,16H,8-9H2,1-5H3. The van der Waals surface area contributed by atoms with Crippen molar-refractivity contribution in [2.24, 2.45) is 5.41 Å². The Balaban J connectivity index is 2.86. The van der Waals surface area contributed by atoms with Gasteiger partial charge in [0.25, 0.3) is 0 Å². The van der Waals surface area contributed by atoms with Crippen molar-refractivity contribution >= 4 is 12.6 Å². The van der Waals surface area contributed by atoms with Gasteiger partial charge in [-0.2, -0.15) is 12.6 Å². The van der Waals surface area contributed by atoms with E-state index in [1.54, 1.807) is 0 Å². The Morgan fingerprint density at radius 1 is 1.12 bits per heavy atom. The van der Waals surface area contributed by atoms with Crippen LogP contribution in [0, 0.1) is 26.2 Å². The Hall–Kier alpha value is -0.630. The van der Waals surface area contributed by atoms with E-state index >= 15 is 0 Å². The van der Waals surface area contributed by atoms with Gasteiger partial charge in [0.15, 0.2) is 0 Å². The summed E-state index contributed by atoms with van der Waals surface area (Å²) in [4.78, 5) is 0. The van der Waals surface area contributed by atoms with Gasteiger partial charge < -0.3 is 4.74 Å². The average molecular weight is 238 g/mol. The van der Waals surface area contributed by atoms with Crippen molar-refractivity contribution in [3.8, 4) is 5.75 Å². The summed E-state index contributed by atoms with van der Waals surface area (Å²) < 4.78 is 5.96. The Morgan fingerprint density at radius 2 is 1.69 bits per heavy atom. The van der Waals surface area contributed by atoms with Gasteiger partial charge in [0.2, 0.25) is 0 Å². The molecule has 1 aromatic rings. The molecule has 0 heterocycles. The molecule has 0 atom stereocenters. The van der Waals surface area contributed by atoms with Crippen LogP contribution in [0.25, 0.3) is 0 Å². The third-order valence-corrected chi connectivity index (χ3v) is 3.76. The van der Waals surface area contributed by atoms with Crippen LogP contribution in [0.5, 0.6) is 5.75 Å². The molecule has 0 aromatic heterocycles. The van der Waals surface area contributed by atoms with Gasteiger partial charge in [-0.05, 0) is 43.2 Å². The maximum absolute atomic E-state index is 5.96. The van der Waals surface area contributed by atoms with E-state index in [0.717, 1.165) is 11.5 Å². The Kier molecular flexibility index (Phi) is 4.31. The zero-order valence-electron chi connectivity index (χ0n) is 10.9. The molecule has 0 spiro atoms. The van der Waals surface area contributed by atoms with Crippen LogP contribution in [0.2, 0.25) is 0 Å². The van der Waals surface area contributed by atoms with E-state index in [1.807, 2.05) is 0 Å². The maximum atomic E-state index is 5.96. The summed E-state index contributed by atoms with van der Waals surface area (Å²) in [6, 6.07) is 4.26. The van der Waals surface area contributed by atoms with Gasteiger partial charge in [-0.15, -0.1) is 0 Å². The summed E-state index contributed by atoms with van der Waals surface area (Å²) in [5, 5.41) is 0. The van der Waals surface area contributed by atoms with Gasteiger partial charge in [-0.25, -0.2) is 0 Å². The van der Waals surface area contributed by atoms with E-state index in [0.29, 0.717) is 6.61 Å². The van der Waals surface area contributed by atoms with E-state index < -0.39 is 0 Å². The fraction of sp³-hybridized carbons (Fsp3) is 0.571. The second kappa shape index (κ2) is 5.13. The van der Waals surface area contributed by atoms with Crippen molar-refractivity contribution in [2.75, 3.05) is 12.4 Å². The van der Waals surface area contributed by atoms with Crippen LogP contribution in [0.4, 0.5) is 0 Å². The first-order valence-electron chi connectivity index (χ1n) is 5.68. The molecule has 0 unspecified atom stereocenters. The predicted molar refractivity (Wildman–Crippen MR) is 73.8 cm³/mol. The van der Waals surface area contributed by atoms with Crippen LogP contribution in [0.1, 0.15) is 30.5 Å². The summed E-state index contributed by atoms with van der Waals surface area (Å²) in [6.45, 7) is 11.4. The van der Waals surface area contributed by atoms with E-state index in [2.05, 4.69) is 59.4 Å². The van der Waals surface area contributed by atoms with Gasteiger partial charge in [-0.3, -0.25) is 0 Å². The fourth-order valence-corrected chi connectivity index (χ4v) is 1.55. The topological polar surface area (TPSA) is 9.23 Å². The normalized spacial score (nSPS) is 11.6. The van der Waals surface area contributed by atoms with Gasteiger partial charge in [0, 0.05) is 5.41 Å². The lowest BCUT2D eigenvalue weighted by atomic mass is 9.98. The SMILES string of the molecule is Cc1ccc(C)c(OCC(C)(C)CS)c1C. The summed E-state index contributed by atoms with van der Waals surface area (Å²) in [5.41, 5.74) is 3.85. The largest absolute Gasteiger partial charge is 0.492 e. The lowest BCUT2D eigenvalue weighted by Crippen LogP contribution is -2.23. The molecular weight excluding hydrogens is 216 g/mol. The van der Waals surface area contributed by atoms with Crippen LogP contribution >= 0.6 is 12.6 Å². The minimum atomic E-state index is 0.117. The van der Waals surface area contributed by atoms with Crippen molar-refractivity contribution in [1.29, 1.82) is 0 Å². The molecule has 0 aliphatic carbocycles. The van der Waals surface area contributed by atoms with Crippen LogP contribution in [0.3, 0.4) is 0 Å². The quantitative estimate of drug-likeness (QED) is 0.782. The summed E-state index contributed by atoms with van der Waals surface area (Å²) in [7, 11) is 0. The summed E-state index contributed by atoms with van der Waals surface area (Å²) in [5.74, 6) is 1.87. The number of ether oxygens (including phenoxy) is 1. The molecular formula is C14H22OS. The van der Waals surface area contributed by atoms with Crippen LogP contribution in [0.15, 0.2) is 12.1 Å². The first-order valence-corrected chi connectivity index (χ1v) is 6.31. The molecule has 0 aliphatic heterocycles. The smallest absolute Gasteiger partial charge is 0.125 e. The molecule has 1 aromatic carbocycles. The third kappa shape index (κ3) is 3.18. The maximum Gasteiger partial charge on any atom is 0.125 e. The number of aryl methyl sites for hydroxylation is 2. The Bertz CT molecular complexity index is 369. The van der Waals surface area contributed by atoms with Crippen molar-refractivity contribution in [3.05, 3.63) is 28.8 Å². The molecule has 1 rings (SSSR count). The van der Waals surface area contributed by atoms with Crippen molar-refractivity contribution in [3.63, 3.8) is 0 Å². The highest BCUT2D eigenvalue weighted by Gasteiger charge is 2.18. The summed E-state index contributed by atoms with van der Waals surface area (Å²) >= 11 is 4.34. The number of hydrogen-bond acceptors (Lipinski definition) is 2. The highest BCUT2D eigenvalue weighted by molar-refractivity contribution is 7.80. The predicted octanol–water partition coefficient (Wildman–Crippen LogP) is 3.95. The molecule has 0 N–H and O–H groups in total. The highest BCUT2D eigenvalue weighted by atomic mass is 32.1. The Morgan fingerprint density at radius 3 is 2.25 bits per heavy atom. The molecule has 0 amide bonds. The van der Waals surface area contributed by atoms with Gasteiger partial charge in [-0.1, -0.05) is 26.0 Å². The van der Waals surface area contributed by atoms with E-state index in [1.165, 1.54) is 16.7 Å². The van der Waals surface area contributed by atoms with E-state index in [-0.39, 0.29) is 5.41 Å². The van der Waals surface area contributed by atoms with Crippen molar-refractivity contribution in [1.82, 2.24) is 0 Å². The summed E-state index contributed by atoms with van der Waals surface area (Å²) in [6.07, 6.45) is 0. The second-order valence-electron chi connectivity index (χ2n) is 5.26. The molecule has 1 nitrogen and oxygen atoms in total. The monoisotopic (exact) mass is 238 g/mol. The first-order chi connectivity index (χ1) is 7.37. The molecule has 0 fully saturated rings.